The predicted molar refractivity (Wildman–Crippen MR) is 104 cm³/mol. The third-order valence-electron chi connectivity index (χ3n) is 5.17. The van der Waals surface area contributed by atoms with Gasteiger partial charge in [0, 0.05) is 24.0 Å². The molecule has 0 spiro atoms. The molecule has 0 aliphatic carbocycles. The molecule has 1 fully saturated rings. The third-order valence-corrected chi connectivity index (χ3v) is 5.17. The Balaban J connectivity index is 1.51. The fraction of sp³-hybridized carbons (Fsp3) is 0.381. The molecule has 3 aromatic rings. The number of aryl methyl sites for hydroxylation is 2. The van der Waals surface area contributed by atoms with Crippen LogP contribution in [0.3, 0.4) is 0 Å². The van der Waals surface area contributed by atoms with E-state index >= 15 is 0 Å². The van der Waals surface area contributed by atoms with Gasteiger partial charge >= 0.3 is 0 Å². The molecule has 0 radical (unpaired) electrons. The Kier molecular flexibility index (Phi) is 4.90. The molecule has 4 rings (SSSR count). The molecule has 1 aliphatic rings. The molecule has 0 saturated carbocycles. The van der Waals surface area contributed by atoms with Crippen LogP contribution < -0.4 is 5.32 Å². The Morgan fingerprint density at radius 3 is 3.00 bits per heavy atom. The van der Waals surface area contributed by atoms with Crippen molar-refractivity contribution in [3.8, 4) is 0 Å². The first-order valence-corrected chi connectivity index (χ1v) is 9.41. The minimum Gasteiger partial charge on any atom is -0.379 e. The highest BCUT2D eigenvalue weighted by Crippen LogP contribution is 2.24. The number of pyridine rings is 1. The van der Waals surface area contributed by atoms with E-state index in [0.29, 0.717) is 25.5 Å². The van der Waals surface area contributed by atoms with Gasteiger partial charge in [-0.1, -0.05) is 18.2 Å². The van der Waals surface area contributed by atoms with Crippen LogP contribution in [-0.4, -0.2) is 39.9 Å². The topological polar surface area (TPSA) is 69.0 Å². The summed E-state index contributed by atoms with van der Waals surface area (Å²) in [5, 5.41) is 8.69. The van der Waals surface area contributed by atoms with Crippen molar-refractivity contribution >= 4 is 16.8 Å². The molecule has 0 bridgehead atoms. The van der Waals surface area contributed by atoms with Crippen LogP contribution in [0.5, 0.6) is 0 Å². The first kappa shape index (κ1) is 17.7. The molecule has 1 N–H and O–H groups in total. The van der Waals surface area contributed by atoms with Gasteiger partial charge in [-0.15, -0.1) is 0 Å². The second-order valence-electron chi connectivity index (χ2n) is 7.06. The molecule has 27 heavy (non-hydrogen) atoms. The molecule has 1 saturated heterocycles. The first-order valence-electron chi connectivity index (χ1n) is 9.41. The van der Waals surface area contributed by atoms with Crippen molar-refractivity contribution in [2.45, 2.75) is 32.9 Å². The summed E-state index contributed by atoms with van der Waals surface area (Å²) in [4.78, 5) is 17.2. The SMILES string of the molecule is CCn1nc(C)cc1C(=O)N[C@H]1COC[C@H]1Cc1ccnc2ccccc12. The van der Waals surface area contributed by atoms with Crippen LogP contribution in [-0.2, 0) is 17.7 Å². The summed E-state index contributed by atoms with van der Waals surface area (Å²) in [5.41, 5.74) is 3.70. The van der Waals surface area contributed by atoms with Crippen LogP contribution in [0.1, 0.15) is 28.7 Å². The summed E-state index contributed by atoms with van der Waals surface area (Å²) >= 11 is 0. The zero-order chi connectivity index (χ0) is 18.8. The lowest BCUT2D eigenvalue weighted by Crippen LogP contribution is -2.41. The number of para-hydroxylation sites is 1. The number of nitrogens with one attached hydrogen (secondary N) is 1. The van der Waals surface area contributed by atoms with Crippen LogP contribution >= 0.6 is 0 Å². The summed E-state index contributed by atoms with van der Waals surface area (Å²) in [6, 6.07) is 12.0. The summed E-state index contributed by atoms with van der Waals surface area (Å²) in [6.07, 6.45) is 2.70. The van der Waals surface area contributed by atoms with E-state index in [1.165, 1.54) is 5.56 Å². The van der Waals surface area contributed by atoms with Crippen LogP contribution in [0.4, 0.5) is 0 Å². The Labute approximate surface area is 158 Å². The number of fused-ring (bicyclic) bond motifs is 1. The van der Waals surface area contributed by atoms with E-state index in [9.17, 15) is 4.79 Å². The van der Waals surface area contributed by atoms with Crippen molar-refractivity contribution in [3.05, 3.63) is 59.5 Å². The number of ether oxygens (including phenoxy) is 1. The van der Waals surface area contributed by atoms with Gasteiger partial charge in [0.25, 0.3) is 5.91 Å². The maximum Gasteiger partial charge on any atom is 0.269 e. The van der Waals surface area contributed by atoms with Crippen LogP contribution in [0.25, 0.3) is 10.9 Å². The van der Waals surface area contributed by atoms with E-state index in [0.717, 1.165) is 23.0 Å². The highest BCUT2D eigenvalue weighted by atomic mass is 16.5. The zero-order valence-corrected chi connectivity index (χ0v) is 15.7. The number of nitrogens with zero attached hydrogens (tertiary/aromatic N) is 3. The van der Waals surface area contributed by atoms with Gasteiger partial charge in [0.1, 0.15) is 5.69 Å². The second kappa shape index (κ2) is 7.48. The van der Waals surface area contributed by atoms with Gasteiger partial charge in [0.2, 0.25) is 0 Å². The van der Waals surface area contributed by atoms with Gasteiger partial charge in [0.05, 0.1) is 30.5 Å². The van der Waals surface area contributed by atoms with E-state index in [1.54, 1.807) is 4.68 Å². The number of carbonyl (C=O) groups excluding carboxylic acids is 1. The summed E-state index contributed by atoms with van der Waals surface area (Å²) < 4.78 is 7.44. The first-order chi connectivity index (χ1) is 13.2. The number of rotatable bonds is 5. The predicted octanol–water partition coefficient (Wildman–Crippen LogP) is 2.75. The van der Waals surface area contributed by atoms with Gasteiger partial charge in [0.15, 0.2) is 0 Å². The Morgan fingerprint density at radius 1 is 1.30 bits per heavy atom. The monoisotopic (exact) mass is 364 g/mol. The molecule has 1 aliphatic heterocycles. The zero-order valence-electron chi connectivity index (χ0n) is 15.7. The van der Waals surface area contributed by atoms with Crippen molar-refractivity contribution in [2.24, 2.45) is 5.92 Å². The van der Waals surface area contributed by atoms with Gasteiger partial charge in [-0.25, -0.2) is 0 Å². The normalized spacial score (nSPS) is 19.5. The Morgan fingerprint density at radius 2 is 2.15 bits per heavy atom. The van der Waals surface area contributed by atoms with Crippen LogP contribution in [0, 0.1) is 12.8 Å². The quantitative estimate of drug-likeness (QED) is 0.756. The van der Waals surface area contributed by atoms with Gasteiger partial charge < -0.3 is 10.1 Å². The second-order valence-corrected chi connectivity index (χ2v) is 7.06. The maximum absolute atomic E-state index is 12.8. The smallest absolute Gasteiger partial charge is 0.269 e. The lowest BCUT2D eigenvalue weighted by molar-refractivity contribution is 0.0914. The van der Waals surface area contributed by atoms with E-state index in [-0.39, 0.29) is 17.9 Å². The lowest BCUT2D eigenvalue weighted by atomic mass is 9.93. The maximum atomic E-state index is 12.8. The van der Waals surface area contributed by atoms with Gasteiger partial charge in [-0.3, -0.25) is 14.5 Å². The standard InChI is InChI=1S/C21H24N4O2/c1-3-25-20(10-14(2)24-25)21(26)23-19-13-27-12-16(19)11-15-8-9-22-18-7-5-4-6-17(15)18/h4-10,16,19H,3,11-13H2,1-2H3,(H,23,26)/t16-,19+/m1/s1. The molecular weight excluding hydrogens is 340 g/mol. The van der Waals surface area contributed by atoms with Gasteiger partial charge in [-0.2, -0.15) is 5.10 Å². The molecular formula is C21H24N4O2. The van der Waals surface area contributed by atoms with Crippen molar-refractivity contribution in [3.63, 3.8) is 0 Å². The highest BCUT2D eigenvalue weighted by Gasteiger charge is 2.31. The Bertz CT molecular complexity index is 960. The average molecular weight is 364 g/mol. The van der Waals surface area contributed by atoms with E-state index in [4.69, 9.17) is 4.74 Å². The van der Waals surface area contributed by atoms with E-state index in [2.05, 4.69) is 27.5 Å². The summed E-state index contributed by atoms with van der Waals surface area (Å²) in [5.74, 6) is 0.149. The molecule has 3 heterocycles. The molecule has 140 valence electrons. The van der Waals surface area contributed by atoms with Crippen LogP contribution in [0.2, 0.25) is 0 Å². The van der Waals surface area contributed by atoms with Crippen molar-refractivity contribution in [1.82, 2.24) is 20.1 Å². The third kappa shape index (κ3) is 3.57. The number of benzene rings is 1. The highest BCUT2D eigenvalue weighted by molar-refractivity contribution is 5.93. The molecule has 6 heteroatoms. The fourth-order valence-corrected chi connectivity index (χ4v) is 3.79. The summed E-state index contributed by atoms with van der Waals surface area (Å²) in [6.45, 7) is 5.74. The molecule has 2 aromatic heterocycles. The lowest BCUT2D eigenvalue weighted by Gasteiger charge is -2.20. The number of amides is 1. The Hall–Kier alpha value is -2.73. The molecule has 0 unspecified atom stereocenters. The van der Waals surface area contributed by atoms with Crippen molar-refractivity contribution in [2.75, 3.05) is 13.2 Å². The minimum atomic E-state index is -0.0856. The molecule has 1 amide bonds. The van der Waals surface area contributed by atoms with E-state index < -0.39 is 0 Å². The van der Waals surface area contributed by atoms with Gasteiger partial charge in [-0.05, 0) is 44.0 Å². The minimum absolute atomic E-state index is 0.00932. The van der Waals surface area contributed by atoms with E-state index in [1.807, 2.05) is 44.3 Å². The molecule has 6 nitrogen and oxygen atoms in total. The number of carbonyl (C=O) groups is 1. The van der Waals surface area contributed by atoms with Crippen LogP contribution in [0.15, 0.2) is 42.6 Å². The number of hydrogen-bond donors (Lipinski definition) is 1. The largest absolute Gasteiger partial charge is 0.379 e. The molecule has 1 aromatic carbocycles. The fourth-order valence-electron chi connectivity index (χ4n) is 3.79. The van der Waals surface area contributed by atoms with Crippen molar-refractivity contribution in [1.29, 1.82) is 0 Å². The summed E-state index contributed by atoms with van der Waals surface area (Å²) in [7, 11) is 0. The number of aromatic nitrogens is 3. The number of hydrogen-bond acceptors (Lipinski definition) is 4. The average Bonchev–Trinajstić information content (AvgIpc) is 3.28. The van der Waals surface area contributed by atoms with Crippen molar-refractivity contribution < 1.29 is 9.53 Å². The molecule has 2 atom stereocenters.